The smallest absolute Gasteiger partial charge is 0.370 e. The van der Waals surface area contributed by atoms with Crippen molar-refractivity contribution >= 4 is 11.9 Å². The van der Waals surface area contributed by atoms with Crippen molar-refractivity contribution in [3.05, 3.63) is 24.1 Å². The number of carboxylic acid groups (broad SMARTS) is 1. The standard InChI is InChI=1S/C6H10O3.C3HF3O2/c1-5(2)6(8)9-4-3-7;4-1(2(5)6)3(7)8/h7H,1,3-4H2,2H3;(H,7,8). The molecule has 5 nitrogen and oxygen atoms in total. The van der Waals surface area contributed by atoms with Gasteiger partial charge in [0.05, 0.1) is 6.61 Å². The minimum Gasteiger partial charge on any atom is -0.476 e. The van der Waals surface area contributed by atoms with Gasteiger partial charge in [-0.15, -0.1) is 0 Å². The highest BCUT2D eigenvalue weighted by molar-refractivity contribution is 5.86. The van der Waals surface area contributed by atoms with E-state index in [1.807, 2.05) is 0 Å². The Morgan fingerprint density at radius 1 is 1.29 bits per heavy atom. The molecular formula is C9H11F3O5. The number of halogens is 3. The van der Waals surface area contributed by atoms with E-state index >= 15 is 0 Å². The molecule has 2 N–H and O–H groups in total. The molecular weight excluding hydrogens is 245 g/mol. The average Bonchev–Trinajstić information content (AvgIpc) is 2.25. The minimum absolute atomic E-state index is 0.0473. The number of esters is 1. The summed E-state index contributed by atoms with van der Waals surface area (Å²) < 4.78 is 37.2. The van der Waals surface area contributed by atoms with E-state index in [0.29, 0.717) is 5.57 Å². The predicted octanol–water partition coefficient (Wildman–Crippen LogP) is 1.25. The van der Waals surface area contributed by atoms with Crippen LogP contribution in [0, 0.1) is 0 Å². The van der Waals surface area contributed by atoms with E-state index in [1.54, 1.807) is 6.92 Å². The zero-order valence-corrected chi connectivity index (χ0v) is 8.87. The molecule has 0 unspecified atom stereocenters. The Labute approximate surface area is 94.8 Å². The molecule has 0 amide bonds. The van der Waals surface area contributed by atoms with Crippen LogP contribution in [-0.2, 0) is 14.3 Å². The van der Waals surface area contributed by atoms with Gasteiger partial charge in [0.2, 0.25) is 0 Å². The molecule has 0 aromatic rings. The summed E-state index contributed by atoms with van der Waals surface area (Å²) >= 11 is 0. The van der Waals surface area contributed by atoms with Crippen LogP contribution in [-0.4, -0.2) is 35.4 Å². The van der Waals surface area contributed by atoms with Gasteiger partial charge in [-0.3, -0.25) is 0 Å². The SMILES string of the molecule is C=C(C)C(=O)OCCO.O=C(O)C(F)=C(F)F. The fourth-order valence-corrected chi connectivity index (χ4v) is 0.342. The van der Waals surface area contributed by atoms with Gasteiger partial charge in [-0.05, 0) is 6.92 Å². The highest BCUT2D eigenvalue weighted by Crippen LogP contribution is 2.07. The van der Waals surface area contributed by atoms with Gasteiger partial charge in [0.15, 0.2) is 0 Å². The van der Waals surface area contributed by atoms with E-state index < -0.39 is 23.8 Å². The molecule has 0 atom stereocenters. The molecule has 0 aromatic heterocycles. The van der Waals surface area contributed by atoms with Crippen LogP contribution < -0.4 is 0 Å². The first-order chi connectivity index (χ1) is 7.73. The van der Waals surface area contributed by atoms with Crippen molar-refractivity contribution in [2.75, 3.05) is 13.2 Å². The summed E-state index contributed by atoms with van der Waals surface area (Å²) in [4.78, 5) is 19.7. The van der Waals surface area contributed by atoms with Crippen LogP contribution in [0.25, 0.3) is 0 Å². The number of aliphatic carboxylic acids is 1. The fraction of sp³-hybridized carbons (Fsp3) is 0.333. The Balaban J connectivity index is 0. The summed E-state index contributed by atoms with van der Waals surface area (Å²) in [6, 6.07) is 0. The van der Waals surface area contributed by atoms with Gasteiger partial charge in [0, 0.05) is 5.57 Å². The van der Waals surface area contributed by atoms with Crippen molar-refractivity contribution in [3.63, 3.8) is 0 Å². The van der Waals surface area contributed by atoms with Crippen LogP contribution in [0.1, 0.15) is 6.92 Å². The summed E-state index contributed by atoms with van der Waals surface area (Å²) in [5.74, 6) is -5.10. The van der Waals surface area contributed by atoms with Gasteiger partial charge >= 0.3 is 18.0 Å². The van der Waals surface area contributed by atoms with Crippen molar-refractivity contribution in [3.8, 4) is 0 Å². The van der Waals surface area contributed by atoms with Gasteiger partial charge in [-0.25, -0.2) is 9.59 Å². The van der Waals surface area contributed by atoms with E-state index in [4.69, 9.17) is 10.2 Å². The third-order valence-electron chi connectivity index (χ3n) is 1.03. The number of hydrogen-bond donors (Lipinski definition) is 2. The molecule has 0 bridgehead atoms. The molecule has 0 aromatic carbocycles. The average molecular weight is 256 g/mol. The van der Waals surface area contributed by atoms with Crippen LogP contribution in [0.4, 0.5) is 13.2 Å². The van der Waals surface area contributed by atoms with Gasteiger partial charge < -0.3 is 14.9 Å². The molecule has 8 heteroatoms. The van der Waals surface area contributed by atoms with E-state index in [2.05, 4.69) is 11.3 Å². The van der Waals surface area contributed by atoms with Gasteiger partial charge in [0.1, 0.15) is 6.61 Å². The monoisotopic (exact) mass is 256 g/mol. The largest absolute Gasteiger partial charge is 0.476 e. The number of aliphatic hydroxyl groups is 1. The molecule has 0 fully saturated rings. The Kier molecular flexibility index (Phi) is 9.71. The van der Waals surface area contributed by atoms with E-state index in [-0.39, 0.29) is 13.2 Å². The van der Waals surface area contributed by atoms with Gasteiger partial charge in [-0.2, -0.15) is 13.2 Å². The molecule has 0 spiro atoms. The third-order valence-corrected chi connectivity index (χ3v) is 1.03. The molecule has 98 valence electrons. The van der Waals surface area contributed by atoms with Crippen LogP contribution in [0.15, 0.2) is 24.1 Å². The Morgan fingerprint density at radius 3 is 1.94 bits per heavy atom. The predicted molar refractivity (Wildman–Crippen MR) is 50.8 cm³/mol. The quantitative estimate of drug-likeness (QED) is 0.584. The topological polar surface area (TPSA) is 83.8 Å². The number of carbonyl (C=O) groups excluding carboxylic acids is 1. The van der Waals surface area contributed by atoms with Crippen LogP contribution in [0.5, 0.6) is 0 Å². The summed E-state index contributed by atoms with van der Waals surface area (Å²) in [5, 5.41) is 15.6. The highest BCUT2D eigenvalue weighted by Gasteiger charge is 2.12. The lowest BCUT2D eigenvalue weighted by molar-refractivity contribution is -0.140. The van der Waals surface area contributed by atoms with Crippen molar-refractivity contribution in [2.45, 2.75) is 6.92 Å². The second-order valence-corrected chi connectivity index (χ2v) is 2.52. The lowest BCUT2D eigenvalue weighted by Gasteiger charge is -1.99. The number of carboxylic acids is 1. The van der Waals surface area contributed by atoms with E-state index in [9.17, 15) is 22.8 Å². The molecule has 0 heterocycles. The first kappa shape index (κ1) is 17.6. The van der Waals surface area contributed by atoms with Crippen LogP contribution in [0.2, 0.25) is 0 Å². The zero-order chi connectivity index (χ0) is 14.0. The molecule has 0 saturated carbocycles. The second kappa shape index (κ2) is 9.40. The van der Waals surface area contributed by atoms with E-state index in [1.165, 1.54) is 0 Å². The van der Waals surface area contributed by atoms with Crippen molar-refractivity contribution in [1.29, 1.82) is 0 Å². The Hall–Kier alpha value is -1.83. The highest BCUT2D eigenvalue weighted by atomic mass is 19.3. The lowest BCUT2D eigenvalue weighted by atomic mass is 10.4. The molecule has 0 saturated heterocycles. The molecule has 0 aliphatic carbocycles. The number of carbonyl (C=O) groups is 2. The fourth-order valence-electron chi connectivity index (χ4n) is 0.342. The second-order valence-electron chi connectivity index (χ2n) is 2.52. The molecule has 0 aliphatic heterocycles. The maximum atomic E-state index is 11.2. The van der Waals surface area contributed by atoms with Crippen LogP contribution in [0.3, 0.4) is 0 Å². The summed E-state index contributed by atoms with van der Waals surface area (Å²) in [7, 11) is 0. The van der Waals surface area contributed by atoms with Crippen molar-refractivity contribution in [1.82, 2.24) is 0 Å². The van der Waals surface area contributed by atoms with Gasteiger partial charge in [-0.1, -0.05) is 6.58 Å². The zero-order valence-electron chi connectivity index (χ0n) is 8.87. The Bertz CT molecular complexity index is 321. The summed E-state index contributed by atoms with van der Waals surface area (Å²) in [6.45, 7) is 4.81. The number of hydrogen-bond acceptors (Lipinski definition) is 4. The third kappa shape index (κ3) is 10.5. The maximum Gasteiger partial charge on any atom is 0.370 e. The minimum atomic E-state index is -2.81. The number of rotatable bonds is 4. The molecule has 0 radical (unpaired) electrons. The maximum absolute atomic E-state index is 11.2. The van der Waals surface area contributed by atoms with E-state index in [0.717, 1.165) is 0 Å². The van der Waals surface area contributed by atoms with Crippen LogP contribution >= 0.6 is 0 Å². The first-order valence-electron chi connectivity index (χ1n) is 4.11. The van der Waals surface area contributed by atoms with Crippen molar-refractivity contribution < 1.29 is 37.7 Å². The normalized spacial score (nSPS) is 8.53. The van der Waals surface area contributed by atoms with Crippen molar-refractivity contribution in [2.24, 2.45) is 0 Å². The lowest BCUT2D eigenvalue weighted by Crippen LogP contribution is -2.08. The van der Waals surface area contributed by atoms with Gasteiger partial charge in [0.25, 0.3) is 5.83 Å². The molecule has 0 rings (SSSR count). The Morgan fingerprint density at radius 2 is 1.76 bits per heavy atom. The summed E-state index contributed by atoms with van der Waals surface area (Å²) in [5.41, 5.74) is 0.350. The molecule has 0 aliphatic rings. The molecule has 17 heavy (non-hydrogen) atoms. The number of aliphatic hydroxyl groups excluding tert-OH is 1. The first-order valence-corrected chi connectivity index (χ1v) is 4.11. The number of ether oxygens (including phenoxy) is 1. The summed E-state index contributed by atoms with van der Waals surface area (Å²) in [6.07, 6.45) is -2.81.